The van der Waals surface area contributed by atoms with E-state index in [1.165, 1.54) is 12.1 Å². The molecule has 1 aromatic rings. The largest absolute Gasteiger partial charge is 0.744 e. The van der Waals surface area contributed by atoms with Crippen LogP contribution in [0.5, 0.6) is 0 Å². The Morgan fingerprint density at radius 3 is 2.66 bits per heavy atom. The fraction of sp³-hybridized carbons (Fsp3) is 0.545. The Labute approximate surface area is 174 Å². The number of carbonyl (C=O) groups is 1. The Kier molecular flexibility index (Phi) is 8.00. The predicted molar refractivity (Wildman–Crippen MR) is 112 cm³/mol. The van der Waals surface area contributed by atoms with Crippen molar-refractivity contribution < 1.29 is 22.3 Å². The van der Waals surface area contributed by atoms with E-state index in [1.807, 2.05) is 13.8 Å². The molecule has 0 saturated carbocycles. The average molecular weight is 419 g/mol. The molecule has 7 heteroatoms. The van der Waals surface area contributed by atoms with Crippen molar-refractivity contribution in [1.29, 1.82) is 0 Å². The monoisotopic (exact) mass is 418 g/mol. The fourth-order valence-electron chi connectivity index (χ4n) is 3.56. The first-order valence-corrected chi connectivity index (χ1v) is 11.5. The summed E-state index contributed by atoms with van der Waals surface area (Å²) >= 11 is 0. The maximum atomic E-state index is 11.8. The van der Waals surface area contributed by atoms with E-state index in [-0.39, 0.29) is 16.2 Å². The van der Waals surface area contributed by atoms with Gasteiger partial charge in [0.05, 0.1) is 10.3 Å². The third-order valence-electron chi connectivity index (χ3n) is 5.11. The summed E-state index contributed by atoms with van der Waals surface area (Å²) in [5.74, 6) is 2.67. The van der Waals surface area contributed by atoms with E-state index in [4.69, 9.17) is 6.42 Å². The molecule has 0 spiro atoms. The zero-order chi connectivity index (χ0) is 21.5. The van der Waals surface area contributed by atoms with Gasteiger partial charge in [-0.05, 0) is 51.7 Å². The van der Waals surface area contributed by atoms with Crippen molar-refractivity contribution in [2.45, 2.75) is 69.1 Å². The summed E-state index contributed by atoms with van der Waals surface area (Å²) in [5, 5.41) is 2.92. The molecule has 1 N–H and O–H groups in total. The normalized spacial score (nSPS) is 14.8. The number of unbranched alkanes of at least 4 members (excludes halogenated alkanes) is 4. The first-order chi connectivity index (χ1) is 13.6. The quantitative estimate of drug-likeness (QED) is 0.259. The van der Waals surface area contributed by atoms with Gasteiger partial charge in [0, 0.05) is 37.4 Å². The number of rotatable bonds is 11. The first kappa shape index (κ1) is 23.1. The Hall–Kier alpha value is -2.17. The van der Waals surface area contributed by atoms with E-state index in [0.29, 0.717) is 13.0 Å². The molecule has 0 aromatic heterocycles. The summed E-state index contributed by atoms with van der Waals surface area (Å²) in [4.78, 5) is 11.6. The molecule has 0 radical (unpaired) electrons. The van der Waals surface area contributed by atoms with Gasteiger partial charge in [0.1, 0.15) is 16.7 Å². The molecular formula is C22H30N2O4S. The average Bonchev–Trinajstić information content (AvgIpc) is 2.90. The molecule has 0 fully saturated rings. The molecule has 0 unspecified atom stereocenters. The van der Waals surface area contributed by atoms with E-state index in [2.05, 4.69) is 22.0 Å². The van der Waals surface area contributed by atoms with Gasteiger partial charge in [0.15, 0.2) is 6.21 Å². The van der Waals surface area contributed by atoms with Crippen LogP contribution in [0.2, 0.25) is 0 Å². The lowest BCUT2D eigenvalue weighted by Crippen LogP contribution is -2.24. The molecule has 1 heterocycles. The zero-order valence-electron chi connectivity index (χ0n) is 17.2. The summed E-state index contributed by atoms with van der Waals surface area (Å²) in [7, 11) is -4.47. The third-order valence-corrected chi connectivity index (χ3v) is 5.94. The highest BCUT2D eigenvalue weighted by atomic mass is 32.2. The molecule has 1 aliphatic heterocycles. The number of fused-ring (bicyclic) bond motifs is 1. The molecular weight excluding hydrogens is 388 g/mol. The van der Waals surface area contributed by atoms with Gasteiger partial charge in [-0.25, -0.2) is 13.0 Å². The molecule has 1 aromatic carbocycles. The van der Waals surface area contributed by atoms with E-state index in [1.54, 1.807) is 6.07 Å². The number of benzene rings is 1. The number of nitrogens with zero attached hydrogens (tertiary/aromatic N) is 1. The van der Waals surface area contributed by atoms with Crippen molar-refractivity contribution in [2.24, 2.45) is 0 Å². The lowest BCUT2D eigenvalue weighted by Gasteiger charge is -2.13. The van der Waals surface area contributed by atoms with E-state index >= 15 is 0 Å². The van der Waals surface area contributed by atoms with E-state index < -0.39 is 10.1 Å². The lowest BCUT2D eigenvalue weighted by atomic mass is 9.87. The van der Waals surface area contributed by atoms with Crippen LogP contribution >= 0.6 is 0 Å². The second-order valence-electron chi connectivity index (χ2n) is 8.00. The van der Waals surface area contributed by atoms with Gasteiger partial charge in [-0.3, -0.25) is 4.79 Å². The number of nitrogens with one attached hydrogen (secondary N) is 1. The predicted octanol–water partition coefficient (Wildman–Crippen LogP) is 3.08. The summed E-state index contributed by atoms with van der Waals surface area (Å²) < 4.78 is 36.1. The lowest BCUT2D eigenvalue weighted by molar-refractivity contribution is -0.434. The molecule has 2 rings (SSSR count). The van der Waals surface area contributed by atoms with Crippen molar-refractivity contribution in [2.75, 3.05) is 13.1 Å². The summed E-state index contributed by atoms with van der Waals surface area (Å²) in [5.41, 5.74) is 1.45. The van der Waals surface area contributed by atoms with Gasteiger partial charge in [-0.1, -0.05) is 0 Å². The second kappa shape index (κ2) is 10.0. The minimum Gasteiger partial charge on any atom is -0.744 e. The number of hydrogen-bond donors (Lipinski definition) is 1. The highest BCUT2D eigenvalue weighted by molar-refractivity contribution is 7.85. The summed E-state index contributed by atoms with van der Waals surface area (Å²) in [6, 6.07) is 4.57. The molecule has 0 bridgehead atoms. The number of terminal acetylenes is 1. The Bertz CT molecular complexity index is 911. The van der Waals surface area contributed by atoms with E-state index in [9.17, 15) is 17.8 Å². The smallest absolute Gasteiger partial charge is 0.219 e. The Morgan fingerprint density at radius 2 is 1.97 bits per heavy atom. The number of amides is 1. The molecule has 158 valence electrons. The maximum absolute atomic E-state index is 11.8. The van der Waals surface area contributed by atoms with E-state index in [0.717, 1.165) is 56.3 Å². The van der Waals surface area contributed by atoms with Crippen LogP contribution in [0.3, 0.4) is 0 Å². The van der Waals surface area contributed by atoms with Crippen LogP contribution in [0.4, 0.5) is 5.69 Å². The van der Waals surface area contributed by atoms with Gasteiger partial charge >= 0.3 is 0 Å². The standard InChI is InChI=1S/C22H30N2O4S/c1-4-5-6-9-14-23-21(25)11-8-7-10-15-24-17-22(2,3)19-16-18(29(26,27)28)12-13-20(19)24/h1,12-13,16-17H,5-11,14-15H2,2-3H3,(H-,23,25,26,27,28). The van der Waals surface area contributed by atoms with Gasteiger partial charge in [-0.2, -0.15) is 0 Å². The van der Waals surface area contributed by atoms with Crippen molar-refractivity contribution in [3.05, 3.63) is 23.8 Å². The zero-order valence-corrected chi connectivity index (χ0v) is 18.1. The number of carbonyl (C=O) groups excluding carboxylic acids is 1. The van der Waals surface area contributed by atoms with Crippen LogP contribution < -0.4 is 5.32 Å². The van der Waals surface area contributed by atoms with Crippen LogP contribution in [0, 0.1) is 12.3 Å². The maximum Gasteiger partial charge on any atom is 0.219 e. The summed E-state index contributed by atoms with van der Waals surface area (Å²) in [6.45, 7) is 5.46. The SMILES string of the molecule is C#CCCCCNC(=O)CCCCC[N+]1=CC(C)(C)c2cc(S(=O)(=O)[O-])ccc21. The van der Waals surface area contributed by atoms with Crippen molar-refractivity contribution >= 4 is 27.9 Å². The minimum absolute atomic E-state index is 0.0799. The molecule has 29 heavy (non-hydrogen) atoms. The third kappa shape index (κ3) is 6.69. The van der Waals surface area contributed by atoms with Crippen LogP contribution in [0.15, 0.2) is 23.1 Å². The van der Waals surface area contributed by atoms with Gasteiger partial charge in [0.25, 0.3) is 0 Å². The minimum atomic E-state index is -4.47. The fourth-order valence-corrected chi connectivity index (χ4v) is 4.06. The van der Waals surface area contributed by atoms with Crippen LogP contribution in [-0.4, -0.2) is 42.8 Å². The van der Waals surface area contributed by atoms with Gasteiger partial charge in [0.2, 0.25) is 11.6 Å². The first-order valence-electron chi connectivity index (χ1n) is 10.1. The number of hydrogen-bond acceptors (Lipinski definition) is 4. The Balaban J connectivity index is 1.78. The Morgan fingerprint density at radius 1 is 1.21 bits per heavy atom. The van der Waals surface area contributed by atoms with Crippen molar-refractivity contribution in [3.8, 4) is 12.3 Å². The highest BCUT2D eigenvalue weighted by Crippen LogP contribution is 2.37. The van der Waals surface area contributed by atoms with Crippen molar-refractivity contribution in [3.63, 3.8) is 0 Å². The topological polar surface area (TPSA) is 89.3 Å². The second-order valence-corrected chi connectivity index (χ2v) is 9.38. The molecule has 0 aliphatic carbocycles. The molecule has 6 nitrogen and oxygen atoms in total. The van der Waals surface area contributed by atoms with Gasteiger partial charge in [-0.15, -0.1) is 12.3 Å². The molecule has 1 amide bonds. The molecule has 0 atom stereocenters. The highest BCUT2D eigenvalue weighted by Gasteiger charge is 2.37. The summed E-state index contributed by atoms with van der Waals surface area (Å²) in [6.07, 6.45) is 13.0. The molecule has 0 saturated heterocycles. The van der Waals surface area contributed by atoms with Crippen molar-refractivity contribution in [1.82, 2.24) is 5.32 Å². The molecule has 1 aliphatic rings. The van der Waals surface area contributed by atoms with Crippen LogP contribution in [0.25, 0.3) is 0 Å². The van der Waals surface area contributed by atoms with Crippen LogP contribution in [-0.2, 0) is 20.3 Å². The van der Waals surface area contributed by atoms with Gasteiger partial charge < -0.3 is 9.87 Å². The van der Waals surface area contributed by atoms with Crippen LogP contribution in [0.1, 0.15) is 64.4 Å².